The van der Waals surface area contributed by atoms with E-state index in [1.54, 1.807) is 4.57 Å². The van der Waals surface area contributed by atoms with Gasteiger partial charge in [-0.15, -0.1) is 0 Å². The van der Waals surface area contributed by atoms with Gasteiger partial charge in [0.05, 0.1) is 6.07 Å². The lowest BCUT2D eigenvalue weighted by molar-refractivity contribution is 0.591. The fourth-order valence-electron chi connectivity index (χ4n) is 2.26. The van der Waals surface area contributed by atoms with Crippen molar-refractivity contribution in [1.29, 1.82) is 5.26 Å². The Kier molecular flexibility index (Phi) is 3.94. The molecule has 0 atom stereocenters. The Bertz CT molecular complexity index is 714. The summed E-state index contributed by atoms with van der Waals surface area (Å²) in [5.74, 6) is 0. The number of hydrogen-bond acceptors (Lipinski definition) is 2. The Morgan fingerprint density at radius 2 is 2.00 bits per heavy atom. The molecule has 1 aromatic heterocycles. The highest BCUT2D eigenvalue weighted by Crippen LogP contribution is 2.24. The third-order valence-electron chi connectivity index (χ3n) is 3.53. The van der Waals surface area contributed by atoms with Crippen molar-refractivity contribution in [1.82, 2.24) is 4.57 Å². The highest BCUT2D eigenvalue weighted by molar-refractivity contribution is 5.82. The molecule has 0 saturated heterocycles. The van der Waals surface area contributed by atoms with Gasteiger partial charge in [0.25, 0.3) is 5.56 Å². The molecular formula is C17H20N2O. The summed E-state index contributed by atoms with van der Waals surface area (Å²) in [6, 6.07) is 10.1. The van der Waals surface area contributed by atoms with Gasteiger partial charge in [-0.1, -0.05) is 32.9 Å². The highest BCUT2D eigenvalue weighted by atomic mass is 16.1. The molecule has 0 saturated carbocycles. The van der Waals surface area contributed by atoms with Gasteiger partial charge in [0.1, 0.15) is 0 Å². The van der Waals surface area contributed by atoms with Crippen molar-refractivity contribution >= 4 is 10.8 Å². The SMILES string of the molecule is CC(C)(C)c1ccc2c(=O)n(CCCC#N)ccc2c1. The van der Waals surface area contributed by atoms with Crippen molar-refractivity contribution in [3.05, 3.63) is 46.4 Å². The minimum absolute atomic E-state index is 0.0286. The van der Waals surface area contributed by atoms with Crippen LogP contribution in [0.1, 0.15) is 39.2 Å². The van der Waals surface area contributed by atoms with E-state index in [2.05, 4.69) is 32.9 Å². The average Bonchev–Trinajstić information content (AvgIpc) is 2.40. The van der Waals surface area contributed by atoms with E-state index < -0.39 is 0 Å². The topological polar surface area (TPSA) is 45.8 Å². The summed E-state index contributed by atoms with van der Waals surface area (Å²) in [7, 11) is 0. The number of pyridine rings is 1. The first-order valence-corrected chi connectivity index (χ1v) is 6.94. The van der Waals surface area contributed by atoms with Gasteiger partial charge >= 0.3 is 0 Å². The average molecular weight is 268 g/mol. The van der Waals surface area contributed by atoms with E-state index in [0.717, 1.165) is 10.8 Å². The minimum atomic E-state index is 0.0286. The quantitative estimate of drug-likeness (QED) is 0.798. The maximum Gasteiger partial charge on any atom is 0.258 e. The first-order chi connectivity index (χ1) is 9.43. The minimum Gasteiger partial charge on any atom is -0.315 e. The van der Waals surface area contributed by atoms with Crippen LogP contribution in [-0.4, -0.2) is 4.57 Å². The van der Waals surface area contributed by atoms with E-state index in [9.17, 15) is 4.79 Å². The zero-order valence-corrected chi connectivity index (χ0v) is 12.3. The molecule has 0 fully saturated rings. The van der Waals surface area contributed by atoms with Crippen molar-refractivity contribution in [2.75, 3.05) is 0 Å². The molecule has 0 aliphatic carbocycles. The van der Waals surface area contributed by atoms with Crippen molar-refractivity contribution in [2.45, 2.75) is 45.6 Å². The van der Waals surface area contributed by atoms with Crippen LogP contribution in [0.25, 0.3) is 10.8 Å². The number of rotatable bonds is 3. The Labute approximate surface area is 119 Å². The van der Waals surface area contributed by atoms with Crippen molar-refractivity contribution in [3.8, 4) is 6.07 Å². The van der Waals surface area contributed by atoms with Crippen LogP contribution in [-0.2, 0) is 12.0 Å². The van der Waals surface area contributed by atoms with E-state index in [4.69, 9.17) is 5.26 Å². The molecule has 0 aliphatic rings. The predicted octanol–water partition coefficient (Wildman–Crippen LogP) is 3.60. The van der Waals surface area contributed by atoms with Gasteiger partial charge in [0, 0.05) is 24.5 Å². The Morgan fingerprint density at radius 3 is 2.65 bits per heavy atom. The van der Waals surface area contributed by atoms with Gasteiger partial charge < -0.3 is 4.57 Å². The molecule has 3 nitrogen and oxygen atoms in total. The zero-order valence-electron chi connectivity index (χ0n) is 12.3. The Morgan fingerprint density at radius 1 is 1.25 bits per heavy atom. The largest absolute Gasteiger partial charge is 0.315 e. The third kappa shape index (κ3) is 2.91. The fourth-order valence-corrected chi connectivity index (χ4v) is 2.26. The van der Waals surface area contributed by atoms with Crippen molar-refractivity contribution in [3.63, 3.8) is 0 Å². The molecule has 1 heterocycles. The second-order valence-corrected chi connectivity index (χ2v) is 6.13. The van der Waals surface area contributed by atoms with Crippen LogP contribution in [0.3, 0.4) is 0 Å². The van der Waals surface area contributed by atoms with E-state index in [1.807, 2.05) is 24.4 Å². The molecule has 2 aromatic rings. The van der Waals surface area contributed by atoms with Crippen LogP contribution in [0, 0.1) is 11.3 Å². The maximum atomic E-state index is 12.4. The van der Waals surface area contributed by atoms with Crippen molar-refractivity contribution in [2.24, 2.45) is 0 Å². The number of nitrogens with zero attached hydrogens (tertiary/aromatic N) is 2. The van der Waals surface area contributed by atoms with E-state index >= 15 is 0 Å². The second kappa shape index (κ2) is 5.50. The summed E-state index contributed by atoms with van der Waals surface area (Å²) < 4.78 is 1.69. The summed E-state index contributed by atoms with van der Waals surface area (Å²) in [6.07, 6.45) is 3.02. The molecule has 0 unspecified atom stereocenters. The molecule has 104 valence electrons. The van der Waals surface area contributed by atoms with Gasteiger partial charge in [-0.25, -0.2) is 0 Å². The molecule has 1 aromatic carbocycles. The number of aromatic nitrogens is 1. The molecule has 0 radical (unpaired) electrons. The van der Waals surface area contributed by atoms with Crippen LogP contribution >= 0.6 is 0 Å². The number of aryl methyl sites for hydroxylation is 1. The normalized spacial score (nSPS) is 11.5. The van der Waals surface area contributed by atoms with Crippen molar-refractivity contribution < 1.29 is 0 Å². The maximum absolute atomic E-state index is 12.4. The zero-order chi connectivity index (χ0) is 14.8. The molecule has 0 N–H and O–H groups in total. The lowest BCUT2D eigenvalue weighted by Gasteiger charge is -2.19. The van der Waals surface area contributed by atoms with Crippen LogP contribution < -0.4 is 5.56 Å². The monoisotopic (exact) mass is 268 g/mol. The molecular weight excluding hydrogens is 248 g/mol. The molecule has 2 rings (SSSR count). The lowest BCUT2D eigenvalue weighted by Crippen LogP contribution is -2.20. The summed E-state index contributed by atoms with van der Waals surface area (Å²) in [5, 5.41) is 10.3. The van der Waals surface area contributed by atoms with Gasteiger partial charge in [0.15, 0.2) is 0 Å². The molecule has 0 aliphatic heterocycles. The molecule has 0 spiro atoms. The standard InChI is InChI=1S/C17H20N2O/c1-17(2,3)14-6-7-15-13(12-14)8-11-19(16(15)20)10-5-4-9-18/h6-8,11-12H,4-5,10H2,1-3H3. The molecule has 3 heteroatoms. The molecule has 0 bridgehead atoms. The number of unbranched alkanes of at least 4 members (excludes halogenated alkanes) is 1. The molecule has 20 heavy (non-hydrogen) atoms. The highest BCUT2D eigenvalue weighted by Gasteiger charge is 2.14. The van der Waals surface area contributed by atoms with Gasteiger partial charge in [-0.05, 0) is 34.9 Å². The van der Waals surface area contributed by atoms with Crippen LogP contribution in [0.4, 0.5) is 0 Å². The van der Waals surface area contributed by atoms with E-state index in [1.165, 1.54) is 5.56 Å². The summed E-state index contributed by atoms with van der Waals surface area (Å²) in [6.45, 7) is 7.09. The fraction of sp³-hybridized carbons (Fsp3) is 0.412. The number of hydrogen-bond donors (Lipinski definition) is 0. The number of benzene rings is 1. The lowest BCUT2D eigenvalue weighted by atomic mass is 9.86. The van der Waals surface area contributed by atoms with Gasteiger partial charge in [0.2, 0.25) is 0 Å². The smallest absolute Gasteiger partial charge is 0.258 e. The van der Waals surface area contributed by atoms with Crippen LogP contribution in [0.15, 0.2) is 35.3 Å². The molecule has 0 amide bonds. The Hall–Kier alpha value is -2.08. The van der Waals surface area contributed by atoms with Crippen LogP contribution in [0.5, 0.6) is 0 Å². The second-order valence-electron chi connectivity index (χ2n) is 6.13. The van der Waals surface area contributed by atoms with E-state index in [0.29, 0.717) is 19.4 Å². The van der Waals surface area contributed by atoms with Gasteiger partial charge in [-0.3, -0.25) is 4.79 Å². The summed E-state index contributed by atoms with van der Waals surface area (Å²) in [4.78, 5) is 12.4. The van der Waals surface area contributed by atoms with E-state index in [-0.39, 0.29) is 11.0 Å². The summed E-state index contributed by atoms with van der Waals surface area (Å²) >= 11 is 0. The van der Waals surface area contributed by atoms with Gasteiger partial charge in [-0.2, -0.15) is 5.26 Å². The van der Waals surface area contributed by atoms with Crippen LogP contribution in [0.2, 0.25) is 0 Å². The Balaban J connectivity index is 2.43. The number of nitriles is 1. The first kappa shape index (κ1) is 14.3. The predicted molar refractivity (Wildman–Crippen MR) is 81.8 cm³/mol. The number of fused-ring (bicyclic) bond motifs is 1. The third-order valence-corrected chi connectivity index (χ3v) is 3.53. The summed E-state index contributed by atoms with van der Waals surface area (Å²) in [5.41, 5.74) is 1.34. The first-order valence-electron chi connectivity index (χ1n) is 6.94.